The molecule has 0 saturated carbocycles. The molecule has 0 fully saturated rings. The molecule has 0 saturated heterocycles. The molecule has 0 spiro atoms. The number of rotatable bonds is 5. The molecular weight excluding hydrogens is 280 g/mol. The molecule has 0 aliphatic carbocycles. The SMILES string of the molecule is N#Cc1cccc(OCCCN2CCc3sccc3C2)c1. The summed E-state index contributed by atoms with van der Waals surface area (Å²) in [4.78, 5) is 4.04. The third kappa shape index (κ3) is 3.63. The average molecular weight is 298 g/mol. The van der Waals surface area contributed by atoms with Gasteiger partial charge in [0, 0.05) is 24.5 Å². The minimum atomic E-state index is 0.647. The lowest BCUT2D eigenvalue weighted by molar-refractivity contribution is 0.222. The predicted octanol–water partition coefficient (Wildman–Crippen LogP) is 3.45. The maximum atomic E-state index is 8.85. The highest BCUT2D eigenvalue weighted by molar-refractivity contribution is 7.10. The van der Waals surface area contributed by atoms with E-state index in [-0.39, 0.29) is 0 Å². The van der Waals surface area contributed by atoms with Crippen LogP contribution in [0.1, 0.15) is 22.4 Å². The zero-order chi connectivity index (χ0) is 14.5. The molecule has 0 atom stereocenters. The van der Waals surface area contributed by atoms with Crippen LogP contribution in [0, 0.1) is 11.3 Å². The zero-order valence-corrected chi connectivity index (χ0v) is 12.7. The van der Waals surface area contributed by atoms with Crippen LogP contribution in [0.5, 0.6) is 5.75 Å². The summed E-state index contributed by atoms with van der Waals surface area (Å²) in [5.74, 6) is 0.785. The minimum Gasteiger partial charge on any atom is -0.494 e. The van der Waals surface area contributed by atoms with Gasteiger partial charge in [0.05, 0.1) is 18.2 Å². The second-order valence-electron chi connectivity index (χ2n) is 5.24. The lowest BCUT2D eigenvalue weighted by Crippen LogP contribution is -2.31. The lowest BCUT2D eigenvalue weighted by Gasteiger charge is -2.26. The van der Waals surface area contributed by atoms with Gasteiger partial charge in [0.1, 0.15) is 5.75 Å². The quantitative estimate of drug-likeness (QED) is 0.793. The van der Waals surface area contributed by atoms with Gasteiger partial charge in [-0.1, -0.05) is 6.07 Å². The third-order valence-corrected chi connectivity index (χ3v) is 4.76. The highest BCUT2D eigenvalue weighted by atomic mass is 32.1. The number of nitrogens with zero attached hydrogens (tertiary/aromatic N) is 2. The Morgan fingerprint density at radius 3 is 3.19 bits per heavy atom. The second kappa shape index (κ2) is 6.75. The van der Waals surface area contributed by atoms with Crippen molar-refractivity contribution in [1.29, 1.82) is 5.26 Å². The van der Waals surface area contributed by atoms with E-state index in [4.69, 9.17) is 10.00 Å². The van der Waals surface area contributed by atoms with E-state index in [1.54, 1.807) is 17.0 Å². The van der Waals surface area contributed by atoms with E-state index in [0.29, 0.717) is 12.2 Å². The molecule has 4 heteroatoms. The van der Waals surface area contributed by atoms with Gasteiger partial charge in [-0.25, -0.2) is 0 Å². The van der Waals surface area contributed by atoms with Crippen LogP contribution in [0.3, 0.4) is 0 Å². The Hall–Kier alpha value is -1.83. The molecule has 3 nitrogen and oxygen atoms in total. The van der Waals surface area contributed by atoms with Gasteiger partial charge in [-0.15, -0.1) is 11.3 Å². The summed E-state index contributed by atoms with van der Waals surface area (Å²) in [7, 11) is 0. The first kappa shape index (κ1) is 14.1. The Kier molecular flexibility index (Phi) is 4.54. The molecular formula is C17H18N2OS. The summed E-state index contributed by atoms with van der Waals surface area (Å²) in [6.45, 7) is 3.98. The van der Waals surface area contributed by atoms with Gasteiger partial charge in [-0.3, -0.25) is 4.90 Å². The monoisotopic (exact) mass is 298 g/mol. The second-order valence-corrected chi connectivity index (χ2v) is 6.24. The predicted molar refractivity (Wildman–Crippen MR) is 84.6 cm³/mol. The van der Waals surface area contributed by atoms with Gasteiger partial charge < -0.3 is 4.74 Å². The van der Waals surface area contributed by atoms with Gasteiger partial charge in [0.25, 0.3) is 0 Å². The molecule has 1 aromatic heterocycles. The van der Waals surface area contributed by atoms with Crippen molar-refractivity contribution in [3.8, 4) is 11.8 Å². The molecule has 0 bridgehead atoms. The fourth-order valence-electron chi connectivity index (χ4n) is 2.63. The van der Waals surface area contributed by atoms with Gasteiger partial charge >= 0.3 is 0 Å². The van der Waals surface area contributed by atoms with Crippen molar-refractivity contribution in [2.75, 3.05) is 19.7 Å². The van der Waals surface area contributed by atoms with Crippen LogP contribution in [0.4, 0.5) is 0 Å². The number of thiophene rings is 1. The van der Waals surface area contributed by atoms with Crippen LogP contribution in [0.25, 0.3) is 0 Å². The number of hydrogen-bond acceptors (Lipinski definition) is 4. The van der Waals surface area contributed by atoms with Gasteiger partial charge in [-0.2, -0.15) is 5.26 Å². The molecule has 1 aliphatic rings. The first-order valence-electron chi connectivity index (χ1n) is 7.26. The number of benzene rings is 1. The summed E-state index contributed by atoms with van der Waals surface area (Å²) in [6, 6.07) is 11.7. The minimum absolute atomic E-state index is 0.647. The van der Waals surface area contributed by atoms with Crippen molar-refractivity contribution in [2.45, 2.75) is 19.4 Å². The summed E-state index contributed by atoms with van der Waals surface area (Å²) in [6.07, 6.45) is 2.19. The van der Waals surface area contributed by atoms with Crippen molar-refractivity contribution in [3.05, 3.63) is 51.7 Å². The van der Waals surface area contributed by atoms with Crippen molar-refractivity contribution >= 4 is 11.3 Å². The maximum Gasteiger partial charge on any atom is 0.120 e. The molecule has 1 aromatic carbocycles. The summed E-state index contributed by atoms with van der Waals surface area (Å²) >= 11 is 1.88. The molecule has 0 radical (unpaired) electrons. The number of fused-ring (bicyclic) bond motifs is 1. The summed E-state index contributed by atoms with van der Waals surface area (Å²) in [5.41, 5.74) is 2.14. The molecule has 2 aromatic rings. The normalized spacial score (nSPS) is 14.4. The van der Waals surface area contributed by atoms with Crippen LogP contribution in [-0.4, -0.2) is 24.6 Å². The molecule has 0 amide bonds. The van der Waals surface area contributed by atoms with Crippen LogP contribution < -0.4 is 4.74 Å². The van der Waals surface area contributed by atoms with E-state index in [1.807, 2.05) is 23.5 Å². The number of nitriles is 1. The van der Waals surface area contributed by atoms with E-state index in [0.717, 1.165) is 31.8 Å². The number of ether oxygens (including phenoxy) is 1. The molecule has 108 valence electrons. The lowest BCUT2D eigenvalue weighted by atomic mass is 10.1. The Balaban J connectivity index is 1.42. The standard InChI is InChI=1S/C17H18N2OS/c18-12-14-3-1-4-16(11-14)20-9-2-7-19-8-5-17-15(13-19)6-10-21-17/h1,3-4,6,10-11H,2,5,7-9,13H2. The maximum absolute atomic E-state index is 8.85. The van der Waals surface area contributed by atoms with Gasteiger partial charge in [-0.05, 0) is 48.1 Å². The largest absolute Gasteiger partial charge is 0.494 e. The van der Waals surface area contributed by atoms with Gasteiger partial charge in [0.2, 0.25) is 0 Å². The fraction of sp³-hybridized carbons (Fsp3) is 0.353. The van der Waals surface area contributed by atoms with Gasteiger partial charge in [0.15, 0.2) is 0 Å². The number of hydrogen-bond donors (Lipinski definition) is 0. The van der Waals surface area contributed by atoms with Crippen LogP contribution in [0.15, 0.2) is 35.7 Å². The Bertz CT molecular complexity index is 644. The van der Waals surface area contributed by atoms with Crippen LogP contribution >= 0.6 is 11.3 Å². The van der Waals surface area contributed by atoms with Crippen LogP contribution in [-0.2, 0) is 13.0 Å². The molecule has 0 N–H and O–H groups in total. The van der Waals surface area contributed by atoms with Crippen LogP contribution in [0.2, 0.25) is 0 Å². The molecule has 1 aliphatic heterocycles. The van der Waals surface area contributed by atoms with Crippen molar-refractivity contribution in [3.63, 3.8) is 0 Å². The fourth-order valence-corrected chi connectivity index (χ4v) is 3.52. The molecule has 3 rings (SSSR count). The smallest absolute Gasteiger partial charge is 0.120 e. The van der Waals surface area contributed by atoms with E-state index in [9.17, 15) is 0 Å². The first-order chi connectivity index (χ1) is 10.3. The first-order valence-corrected chi connectivity index (χ1v) is 8.14. The Labute approximate surface area is 129 Å². The third-order valence-electron chi connectivity index (χ3n) is 3.74. The Morgan fingerprint density at radius 2 is 2.29 bits per heavy atom. The molecule has 2 heterocycles. The van der Waals surface area contributed by atoms with Crippen molar-refractivity contribution in [2.24, 2.45) is 0 Å². The van der Waals surface area contributed by atoms with E-state index < -0.39 is 0 Å². The highest BCUT2D eigenvalue weighted by Crippen LogP contribution is 2.23. The van der Waals surface area contributed by atoms with E-state index in [1.165, 1.54) is 12.0 Å². The van der Waals surface area contributed by atoms with Crippen molar-refractivity contribution in [1.82, 2.24) is 4.90 Å². The topological polar surface area (TPSA) is 36.3 Å². The average Bonchev–Trinajstić information content (AvgIpc) is 2.99. The summed E-state index contributed by atoms with van der Waals surface area (Å²) in [5, 5.41) is 11.0. The van der Waals surface area contributed by atoms with Crippen molar-refractivity contribution < 1.29 is 4.74 Å². The van der Waals surface area contributed by atoms with E-state index in [2.05, 4.69) is 22.4 Å². The van der Waals surface area contributed by atoms with E-state index >= 15 is 0 Å². The Morgan fingerprint density at radius 1 is 1.33 bits per heavy atom. The summed E-state index contributed by atoms with van der Waals surface area (Å²) < 4.78 is 5.72. The zero-order valence-electron chi connectivity index (χ0n) is 11.9. The molecule has 21 heavy (non-hydrogen) atoms. The highest BCUT2D eigenvalue weighted by Gasteiger charge is 2.16. The molecule has 0 unspecified atom stereocenters.